The van der Waals surface area contributed by atoms with Gasteiger partial charge in [-0.15, -0.1) is 5.10 Å². The number of ether oxygens (including phenoxy) is 2. The number of aromatic nitrogens is 4. The molecule has 3 rings (SSSR count). The number of benzene rings is 1. The monoisotopic (exact) mass is 360 g/mol. The molecule has 0 atom stereocenters. The first-order chi connectivity index (χ1) is 12.8. The summed E-state index contributed by atoms with van der Waals surface area (Å²) in [5.74, 6) is 1.14. The van der Waals surface area contributed by atoms with Crippen molar-refractivity contribution < 1.29 is 14.3 Å². The molecule has 1 N–H and O–H groups in total. The van der Waals surface area contributed by atoms with Crippen molar-refractivity contribution in [1.29, 1.82) is 0 Å². The lowest BCUT2D eigenvalue weighted by Gasteiger charge is -2.26. The van der Waals surface area contributed by atoms with Gasteiger partial charge in [-0.3, -0.25) is 9.69 Å². The predicted molar refractivity (Wildman–Crippen MR) is 93.9 cm³/mol. The zero-order chi connectivity index (χ0) is 18.2. The minimum absolute atomic E-state index is 0.109. The van der Waals surface area contributed by atoms with Crippen molar-refractivity contribution in [3.63, 3.8) is 0 Å². The Labute approximate surface area is 152 Å². The Hall–Kier alpha value is -2.52. The fraction of sp³-hybridized carbons (Fsp3) is 0.529. The summed E-state index contributed by atoms with van der Waals surface area (Å²) >= 11 is 0. The van der Waals surface area contributed by atoms with Crippen LogP contribution in [0.5, 0.6) is 5.75 Å². The maximum atomic E-state index is 12.3. The van der Waals surface area contributed by atoms with E-state index in [1.165, 1.54) is 0 Å². The number of aryl methyl sites for hydroxylation is 1. The number of hydrogen-bond donors (Lipinski definition) is 1. The van der Waals surface area contributed by atoms with E-state index in [0.29, 0.717) is 30.2 Å². The maximum Gasteiger partial charge on any atom is 0.251 e. The molecule has 1 saturated heterocycles. The van der Waals surface area contributed by atoms with Crippen LogP contribution in [-0.4, -0.2) is 70.4 Å². The Morgan fingerprint density at radius 1 is 1.35 bits per heavy atom. The highest BCUT2D eigenvalue weighted by Crippen LogP contribution is 2.14. The van der Waals surface area contributed by atoms with Gasteiger partial charge in [0, 0.05) is 38.3 Å². The quantitative estimate of drug-likeness (QED) is 0.725. The largest absolute Gasteiger partial charge is 0.486 e. The third-order valence-electron chi connectivity index (χ3n) is 4.19. The average Bonchev–Trinajstić information content (AvgIpc) is 3.15. The average molecular weight is 360 g/mol. The summed E-state index contributed by atoms with van der Waals surface area (Å²) in [6.45, 7) is 7.66. The molecule has 0 bridgehead atoms. The summed E-state index contributed by atoms with van der Waals surface area (Å²) < 4.78 is 12.7. The second-order valence-corrected chi connectivity index (χ2v) is 5.94. The normalized spacial score (nSPS) is 15.0. The van der Waals surface area contributed by atoms with E-state index in [0.717, 1.165) is 32.8 Å². The van der Waals surface area contributed by atoms with Gasteiger partial charge in [-0.1, -0.05) is 6.07 Å². The number of tetrazole rings is 1. The second kappa shape index (κ2) is 9.25. The van der Waals surface area contributed by atoms with E-state index >= 15 is 0 Å². The Morgan fingerprint density at radius 2 is 2.19 bits per heavy atom. The van der Waals surface area contributed by atoms with Crippen LogP contribution < -0.4 is 10.1 Å². The lowest BCUT2D eigenvalue weighted by Crippen LogP contribution is -2.41. The Balaban J connectivity index is 1.48. The number of nitrogens with zero attached hydrogens (tertiary/aromatic N) is 5. The molecule has 0 spiro atoms. The SMILES string of the molecule is CCn1nnnc1COc1cccc(C(=O)NCCN2CCOCC2)c1. The molecule has 1 aromatic carbocycles. The Bertz CT molecular complexity index is 714. The van der Waals surface area contributed by atoms with Crippen LogP contribution in [0.2, 0.25) is 0 Å². The molecular weight excluding hydrogens is 336 g/mol. The number of carbonyl (C=O) groups is 1. The van der Waals surface area contributed by atoms with Gasteiger partial charge in [-0.25, -0.2) is 4.68 Å². The Kier molecular flexibility index (Phi) is 6.50. The van der Waals surface area contributed by atoms with Crippen molar-refractivity contribution in [2.24, 2.45) is 0 Å². The highest BCUT2D eigenvalue weighted by molar-refractivity contribution is 5.94. The first-order valence-electron chi connectivity index (χ1n) is 8.82. The van der Waals surface area contributed by atoms with Gasteiger partial charge in [0.15, 0.2) is 5.82 Å². The summed E-state index contributed by atoms with van der Waals surface area (Å²) in [7, 11) is 0. The molecule has 9 nitrogen and oxygen atoms in total. The third kappa shape index (κ3) is 4.99. The van der Waals surface area contributed by atoms with Crippen molar-refractivity contribution in [3.8, 4) is 5.75 Å². The van der Waals surface area contributed by atoms with Crippen LogP contribution in [0.1, 0.15) is 23.1 Å². The number of hydrogen-bond acceptors (Lipinski definition) is 7. The minimum atomic E-state index is -0.109. The van der Waals surface area contributed by atoms with E-state index in [9.17, 15) is 4.79 Å². The smallest absolute Gasteiger partial charge is 0.251 e. The summed E-state index contributed by atoms with van der Waals surface area (Å²) in [5, 5.41) is 14.4. The van der Waals surface area contributed by atoms with Crippen molar-refractivity contribution >= 4 is 5.91 Å². The highest BCUT2D eigenvalue weighted by Gasteiger charge is 2.12. The second-order valence-electron chi connectivity index (χ2n) is 5.94. The summed E-state index contributed by atoms with van der Waals surface area (Å²) in [6, 6.07) is 7.11. The molecule has 1 aliphatic rings. The highest BCUT2D eigenvalue weighted by atomic mass is 16.5. The van der Waals surface area contributed by atoms with Gasteiger partial charge in [0.1, 0.15) is 12.4 Å². The molecule has 1 aromatic heterocycles. The van der Waals surface area contributed by atoms with Crippen LogP contribution >= 0.6 is 0 Å². The summed E-state index contributed by atoms with van der Waals surface area (Å²) in [5.41, 5.74) is 0.569. The topological polar surface area (TPSA) is 94.4 Å². The van der Waals surface area contributed by atoms with Gasteiger partial charge in [0.25, 0.3) is 5.91 Å². The molecule has 2 heterocycles. The molecule has 0 radical (unpaired) electrons. The third-order valence-corrected chi connectivity index (χ3v) is 4.19. The van der Waals surface area contributed by atoms with Crippen molar-refractivity contribution in [3.05, 3.63) is 35.7 Å². The van der Waals surface area contributed by atoms with Crippen LogP contribution in [0.4, 0.5) is 0 Å². The number of rotatable bonds is 8. The molecule has 1 amide bonds. The molecule has 1 fully saturated rings. The van der Waals surface area contributed by atoms with E-state index in [2.05, 4.69) is 25.7 Å². The van der Waals surface area contributed by atoms with Gasteiger partial charge in [-0.05, 0) is 35.5 Å². The fourth-order valence-corrected chi connectivity index (χ4v) is 2.70. The molecule has 0 saturated carbocycles. The predicted octanol–water partition coefficient (Wildman–Crippen LogP) is 0.334. The van der Waals surface area contributed by atoms with Crippen LogP contribution in [0.25, 0.3) is 0 Å². The van der Waals surface area contributed by atoms with Gasteiger partial charge in [0.05, 0.1) is 13.2 Å². The molecule has 2 aromatic rings. The summed E-state index contributed by atoms with van der Waals surface area (Å²) in [6.07, 6.45) is 0. The van der Waals surface area contributed by atoms with Crippen molar-refractivity contribution in [2.45, 2.75) is 20.1 Å². The number of carbonyl (C=O) groups excluding carboxylic acids is 1. The van der Waals surface area contributed by atoms with Crippen LogP contribution in [0, 0.1) is 0 Å². The lowest BCUT2D eigenvalue weighted by atomic mass is 10.2. The van der Waals surface area contributed by atoms with E-state index < -0.39 is 0 Å². The van der Waals surface area contributed by atoms with E-state index in [1.807, 2.05) is 13.0 Å². The van der Waals surface area contributed by atoms with Gasteiger partial charge in [-0.2, -0.15) is 0 Å². The molecular formula is C17H24N6O3. The van der Waals surface area contributed by atoms with Gasteiger partial charge < -0.3 is 14.8 Å². The standard InChI is InChI=1S/C17H24N6O3/c1-2-23-16(19-20-21-23)13-26-15-5-3-4-14(12-15)17(24)18-6-7-22-8-10-25-11-9-22/h3-5,12H,2,6-11,13H2,1H3,(H,18,24). The minimum Gasteiger partial charge on any atom is -0.486 e. The first-order valence-corrected chi connectivity index (χ1v) is 8.82. The molecule has 140 valence electrons. The number of amides is 1. The van der Waals surface area contributed by atoms with Crippen LogP contribution in [-0.2, 0) is 17.9 Å². The molecule has 1 aliphatic heterocycles. The van der Waals surface area contributed by atoms with Crippen molar-refractivity contribution in [2.75, 3.05) is 39.4 Å². The zero-order valence-electron chi connectivity index (χ0n) is 14.9. The first kappa shape index (κ1) is 18.3. The van der Waals surface area contributed by atoms with E-state index in [1.54, 1.807) is 22.9 Å². The summed E-state index contributed by atoms with van der Waals surface area (Å²) in [4.78, 5) is 14.6. The number of nitrogens with one attached hydrogen (secondary N) is 1. The molecule has 9 heteroatoms. The molecule has 0 unspecified atom stereocenters. The lowest BCUT2D eigenvalue weighted by molar-refractivity contribution is 0.0383. The maximum absolute atomic E-state index is 12.3. The van der Waals surface area contributed by atoms with E-state index in [4.69, 9.17) is 9.47 Å². The fourth-order valence-electron chi connectivity index (χ4n) is 2.70. The Morgan fingerprint density at radius 3 is 3.00 bits per heavy atom. The van der Waals surface area contributed by atoms with Gasteiger partial charge >= 0.3 is 0 Å². The molecule has 26 heavy (non-hydrogen) atoms. The van der Waals surface area contributed by atoms with Crippen molar-refractivity contribution in [1.82, 2.24) is 30.4 Å². The van der Waals surface area contributed by atoms with Gasteiger partial charge in [0.2, 0.25) is 0 Å². The molecule has 0 aliphatic carbocycles. The number of morpholine rings is 1. The van der Waals surface area contributed by atoms with E-state index in [-0.39, 0.29) is 12.5 Å². The van der Waals surface area contributed by atoms with Crippen LogP contribution in [0.3, 0.4) is 0 Å². The van der Waals surface area contributed by atoms with Crippen LogP contribution in [0.15, 0.2) is 24.3 Å². The zero-order valence-corrected chi connectivity index (χ0v) is 14.9.